The van der Waals surface area contributed by atoms with E-state index in [0.29, 0.717) is 46.9 Å². The van der Waals surface area contributed by atoms with Gasteiger partial charge in [-0.2, -0.15) is 0 Å². The van der Waals surface area contributed by atoms with Crippen LogP contribution in [0.2, 0.25) is 0 Å². The minimum absolute atomic E-state index is 0.268. The number of halogens is 2. The minimum atomic E-state index is -0.384. The number of rotatable bonds is 6. The summed E-state index contributed by atoms with van der Waals surface area (Å²) in [7, 11) is 1.62. The number of hydrogen-bond acceptors (Lipinski definition) is 4. The molecule has 1 N–H and O–H groups in total. The van der Waals surface area contributed by atoms with Crippen LogP contribution in [0, 0.1) is 11.6 Å². The van der Waals surface area contributed by atoms with Crippen LogP contribution in [0.3, 0.4) is 0 Å². The van der Waals surface area contributed by atoms with Crippen LogP contribution < -0.4 is 10.9 Å². The number of hydrogen-bond donors (Lipinski definition) is 1. The van der Waals surface area contributed by atoms with E-state index in [-0.39, 0.29) is 17.2 Å². The summed E-state index contributed by atoms with van der Waals surface area (Å²) in [6.45, 7) is 0.396. The highest BCUT2D eigenvalue weighted by atomic mass is 19.1. The fraction of sp³-hybridized carbons (Fsp3) is 0.125. The largest absolute Gasteiger partial charge is 0.355 e. The lowest BCUT2D eigenvalue weighted by Crippen LogP contribution is -2.25. The van der Waals surface area contributed by atoms with Gasteiger partial charge in [-0.3, -0.25) is 14.3 Å². The molecule has 2 aromatic carbocycles. The van der Waals surface area contributed by atoms with E-state index in [4.69, 9.17) is 4.98 Å². The van der Waals surface area contributed by atoms with E-state index in [1.54, 1.807) is 61.9 Å². The van der Waals surface area contributed by atoms with E-state index in [1.807, 2.05) is 0 Å². The number of benzene rings is 2. The van der Waals surface area contributed by atoms with Gasteiger partial charge in [0.15, 0.2) is 0 Å². The molecule has 0 radical (unpaired) electrons. The molecule has 7 heteroatoms. The zero-order chi connectivity index (χ0) is 21.8. The standard InChI is InChI=1S/C24H20F2N4O/c1-30-23(31)21(17-6-8-19(25)9-7-17)22(18-10-13-27-14-11-18)29-24(30)28-15-12-16-4-2-3-5-20(16)26/h2-11,13-14H,12,15H2,1H3,(H,28,29). The van der Waals surface area contributed by atoms with Crippen molar-refractivity contribution in [1.82, 2.24) is 14.5 Å². The molecular formula is C24H20F2N4O. The highest BCUT2D eigenvalue weighted by Gasteiger charge is 2.18. The summed E-state index contributed by atoms with van der Waals surface area (Å²) < 4.78 is 28.7. The van der Waals surface area contributed by atoms with Gasteiger partial charge in [0, 0.05) is 31.5 Å². The van der Waals surface area contributed by atoms with Crippen LogP contribution in [-0.4, -0.2) is 21.1 Å². The van der Waals surface area contributed by atoms with Crippen LogP contribution in [-0.2, 0) is 13.5 Å². The molecule has 4 aromatic rings. The van der Waals surface area contributed by atoms with Gasteiger partial charge >= 0.3 is 0 Å². The molecular weight excluding hydrogens is 398 g/mol. The molecule has 2 heterocycles. The molecule has 0 saturated heterocycles. The predicted molar refractivity (Wildman–Crippen MR) is 117 cm³/mol. The Morgan fingerprint density at radius 3 is 2.35 bits per heavy atom. The van der Waals surface area contributed by atoms with Crippen molar-refractivity contribution in [2.24, 2.45) is 7.05 Å². The highest BCUT2D eigenvalue weighted by Crippen LogP contribution is 2.28. The van der Waals surface area contributed by atoms with Crippen LogP contribution in [0.4, 0.5) is 14.7 Å². The predicted octanol–water partition coefficient (Wildman–Crippen LogP) is 4.44. The summed E-state index contributed by atoms with van der Waals surface area (Å²) in [4.78, 5) is 22.0. The first kappa shape index (κ1) is 20.4. The van der Waals surface area contributed by atoms with Crippen LogP contribution in [0.5, 0.6) is 0 Å². The van der Waals surface area contributed by atoms with Gasteiger partial charge in [0.05, 0.1) is 11.3 Å². The molecule has 31 heavy (non-hydrogen) atoms. The van der Waals surface area contributed by atoms with E-state index < -0.39 is 0 Å². The van der Waals surface area contributed by atoms with Gasteiger partial charge in [-0.15, -0.1) is 0 Å². The summed E-state index contributed by atoms with van der Waals surface area (Å²) in [6.07, 6.45) is 3.68. The van der Waals surface area contributed by atoms with E-state index in [2.05, 4.69) is 10.3 Å². The summed E-state index contributed by atoms with van der Waals surface area (Å²) >= 11 is 0. The Morgan fingerprint density at radius 1 is 0.935 bits per heavy atom. The van der Waals surface area contributed by atoms with Gasteiger partial charge in [0.2, 0.25) is 5.95 Å². The second-order valence-electron chi connectivity index (χ2n) is 7.03. The number of aromatic nitrogens is 3. The average Bonchev–Trinajstić information content (AvgIpc) is 2.79. The fourth-order valence-electron chi connectivity index (χ4n) is 3.37. The van der Waals surface area contributed by atoms with E-state index in [1.165, 1.54) is 22.8 Å². The number of anilines is 1. The fourth-order valence-corrected chi connectivity index (χ4v) is 3.37. The molecule has 0 saturated carbocycles. The Hall–Kier alpha value is -3.87. The van der Waals surface area contributed by atoms with Gasteiger partial charge in [0.1, 0.15) is 11.6 Å². The lowest BCUT2D eigenvalue weighted by Gasteiger charge is -2.16. The SMILES string of the molecule is Cn1c(NCCc2ccccc2F)nc(-c2ccncc2)c(-c2ccc(F)cc2)c1=O. The monoisotopic (exact) mass is 418 g/mol. The van der Waals surface area contributed by atoms with Crippen molar-refractivity contribution in [3.63, 3.8) is 0 Å². The van der Waals surface area contributed by atoms with Gasteiger partial charge in [-0.1, -0.05) is 30.3 Å². The van der Waals surface area contributed by atoms with Crippen molar-refractivity contribution in [2.75, 3.05) is 11.9 Å². The maximum Gasteiger partial charge on any atom is 0.263 e. The first-order chi connectivity index (χ1) is 15.0. The molecule has 2 aromatic heterocycles. The second-order valence-corrected chi connectivity index (χ2v) is 7.03. The summed E-state index contributed by atoms with van der Waals surface area (Å²) in [6, 6.07) is 15.8. The molecule has 0 bridgehead atoms. The third-order valence-corrected chi connectivity index (χ3v) is 5.01. The molecule has 0 aliphatic carbocycles. The summed E-state index contributed by atoms with van der Waals surface area (Å²) in [5.74, 6) is -0.292. The Bertz CT molecular complexity index is 1260. The van der Waals surface area contributed by atoms with E-state index >= 15 is 0 Å². The molecule has 0 aliphatic rings. The molecule has 0 spiro atoms. The lowest BCUT2D eigenvalue weighted by molar-refractivity contribution is 0.610. The molecule has 0 amide bonds. The van der Waals surface area contributed by atoms with Gasteiger partial charge in [-0.05, 0) is 47.9 Å². The molecule has 156 valence electrons. The molecule has 0 aliphatic heterocycles. The molecule has 5 nitrogen and oxygen atoms in total. The van der Waals surface area contributed by atoms with Crippen molar-refractivity contribution in [3.8, 4) is 22.4 Å². The normalized spacial score (nSPS) is 10.8. The lowest BCUT2D eigenvalue weighted by atomic mass is 10.0. The third kappa shape index (κ3) is 4.35. The van der Waals surface area contributed by atoms with Crippen LogP contribution in [0.25, 0.3) is 22.4 Å². The molecule has 0 atom stereocenters. The summed E-state index contributed by atoms with van der Waals surface area (Å²) in [5, 5.41) is 3.14. The van der Waals surface area contributed by atoms with Crippen molar-refractivity contribution in [3.05, 3.63) is 101 Å². The van der Waals surface area contributed by atoms with Crippen LogP contribution in [0.1, 0.15) is 5.56 Å². The minimum Gasteiger partial charge on any atom is -0.355 e. The Balaban J connectivity index is 1.74. The number of pyridine rings is 1. The molecule has 4 rings (SSSR count). The Labute approximate surface area is 178 Å². The van der Waals surface area contributed by atoms with Crippen molar-refractivity contribution in [1.29, 1.82) is 0 Å². The van der Waals surface area contributed by atoms with Gasteiger partial charge in [0.25, 0.3) is 5.56 Å². The maximum absolute atomic E-state index is 13.9. The third-order valence-electron chi connectivity index (χ3n) is 5.01. The Morgan fingerprint density at radius 2 is 1.65 bits per heavy atom. The first-order valence-corrected chi connectivity index (χ1v) is 9.79. The zero-order valence-electron chi connectivity index (χ0n) is 16.8. The Kier molecular flexibility index (Phi) is 5.84. The maximum atomic E-state index is 13.9. The van der Waals surface area contributed by atoms with Crippen LogP contribution >= 0.6 is 0 Å². The second kappa shape index (κ2) is 8.87. The molecule has 0 unspecified atom stereocenters. The van der Waals surface area contributed by atoms with Gasteiger partial charge in [-0.25, -0.2) is 13.8 Å². The molecule has 0 fully saturated rings. The van der Waals surface area contributed by atoms with Crippen molar-refractivity contribution >= 4 is 5.95 Å². The van der Waals surface area contributed by atoms with Gasteiger partial charge < -0.3 is 5.32 Å². The van der Waals surface area contributed by atoms with Crippen molar-refractivity contribution in [2.45, 2.75) is 6.42 Å². The quantitative estimate of drug-likeness (QED) is 0.503. The summed E-state index contributed by atoms with van der Waals surface area (Å²) in [5.41, 5.74) is 2.42. The smallest absolute Gasteiger partial charge is 0.263 e. The average molecular weight is 418 g/mol. The van der Waals surface area contributed by atoms with Crippen LogP contribution in [0.15, 0.2) is 77.9 Å². The van der Waals surface area contributed by atoms with E-state index in [0.717, 1.165) is 0 Å². The highest BCUT2D eigenvalue weighted by molar-refractivity contribution is 5.80. The first-order valence-electron chi connectivity index (χ1n) is 9.79. The topological polar surface area (TPSA) is 59.8 Å². The zero-order valence-corrected chi connectivity index (χ0v) is 16.8. The van der Waals surface area contributed by atoms with Crippen molar-refractivity contribution < 1.29 is 8.78 Å². The number of nitrogens with zero attached hydrogens (tertiary/aromatic N) is 3. The number of nitrogens with one attached hydrogen (secondary N) is 1. The van der Waals surface area contributed by atoms with E-state index in [9.17, 15) is 13.6 Å².